The summed E-state index contributed by atoms with van der Waals surface area (Å²) in [6, 6.07) is 0. The van der Waals surface area contributed by atoms with Crippen molar-refractivity contribution in [1.29, 1.82) is 0 Å². The average Bonchev–Trinajstić information content (AvgIpc) is 3.03. The van der Waals surface area contributed by atoms with Crippen molar-refractivity contribution in [3.63, 3.8) is 0 Å². The Bertz CT molecular complexity index is 538. The minimum Gasteiger partial charge on any atom is -0.356 e. The number of hydrogen-bond donors (Lipinski definition) is 2. The second-order valence-electron chi connectivity index (χ2n) is 5.90. The van der Waals surface area contributed by atoms with Crippen LogP contribution < -0.4 is 11.1 Å². The van der Waals surface area contributed by atoms with Gasteiger partial charge >= 0.3 is 0 Å². The molecule has 0 bridgehead atoms. The van der Waals surface area contributed by atoms with Crippen LogP contribution in [0.5, 0.6) is 0 Å². The normalized spacial score (nSPS) is 17.2. The van der Waals surface area contributed by atoms with E-state index >= 15 is 0 Å². The molecule has 1 fully saturated rings. The van der Waals surface area contributed by atoms with Crippen molar-refractivity contribution in [3.8, 4) is 0 Å². The zero-order valence-corrected chi connectivity index (χ0v) is 15.8. The summed E-state index contributed by atoms with van der Waals surface area (Å²) in [5.74, 6) is -0.111. The van der Waals surface area contributed by atoms with Gasteiger partial charge in [0, 0.05) is 31.4 Å². The van der Waals surface area contributed by atoms with Gasteiger partial charge in [-0.25, -0.2) is 4.98 Å². The fraction of sp³-hybridized carbons (Fsp3) is 0.688. The van der Waals surface area contributed by atoms with E-state index in [1.54, 1.807) is 10.3 Å². The molecule has 0 aliphatic carbocycles. The maximum absolute atomic E-state index is 12.6. The molecule has 6 nitrogen and oxygen atoms in total. The molecule has 0 radical (unpaired) electrons. The molecule has 0 spiro atoms. The first-order valence-corrected chi connectivity index (χ1v) is 9.25. The number of hydrogen-bond acceptors (Lipinski definition) is 5. The molecule has 8 heteroatoms. The third-order valence-electron chi connectivity index (χ3n) is 4.04. The van der Waals surface area contributed by atoms with E-state index in [9.17, 15) is 9.59 Å². The van der Waals surface area contributed by atoms with Crippen LogP contribution in [0.1, 0.15) is 48.1 Å². The van der Waals surface area contributed by atoms with Gasteiger partial charge in [0.05, 0.1) is 10.9 Å². The van der Waals surface area contributed by atoms with Crippen LogP contribution in [0, 0.1) is 5.92 Å². The summed E-state index contributed by atoms with van der Waals surface area (Å²) in [5.41, 5.74) is 5.99. The van der Waals surface area contributed by atoms with Crippen molar-refractivity contribution in [3.05, 3.63) is 16.1 Å². The molecule has 24 heavy (non-hydrogen) atoms. The van der Waals surface area contributed by atoms with Gasteiger partial charge in [-0.05, 0) is 25.8 Å². The standard InChI is InChI=1S/C16H26N4O2S.ClH/c1-2-3-8-18-15(21)12-5-4-9-20(10-12)16(22)13-11-23-14(19-13)6-7-17;/h11-12H,2-10,17H2,1H3,(H,18,21);1H. The van der Waals surface area contributed by atoms with Crippen molar-refractivity contribution in [2.45, 2.75) is 39.0 Å². The van der Waals surface area contributed by atoms with Crippen molar-refractivity contribution < 1.29 is 9.59 Å². The van der Waals surface area contributed by atoms with Crippen LogP contribution in [0.3, 0.4) is 0 Å². The van der Waals surface area contributed by atoms with Gasteiger partial charge in [0.2, 0.25) is 5.91 Å². The van der Waals surface area contributed by atoms with Gasteiger partial charge in [-0.3, -0.25) is 9.59 Å². The molecule has 0 aromatic carbocycles. The second-order valence-corrected chi connectivity index (χ2v) is 6.84. The third kappa shape index (κ3) is 5.72. The van der Waals surface area contributed by atoms with Crippen molar-refractivity contribution in [2.75, 3.05) is 26.2 Å². The first kappa shape index (κ1) is 20.9. The minimum atomic E-state index is -0.105. The zero-order chi connectivity index (χ0) is 16.7. The van der Waals surface area contributed by atoms with Gasteiger partial charge in [-0.2, -0.15) is 0 Å². The molecule has 1 saturated heterocycles. The topological polar surface area (TPSA) is 88.3 Å². The van der Waals surface area contributed by atoms with Gasteiger partial charge in [-0.15, -0.1) is 23.7 Å². The highest BCUT2D eigenvalue weighted by atomic mass is 35.5. The summed E-state index contributed by atoms with van der Waals surface area (Å²) in [5, 5.41) is 5.65. The number of carbonyl (C=O) groups is 2. The highest BCUT2D eigenvalue weighted by Gasteiger charge is 2.29. The molecule has 1 aliphatic heterocycles. The lowest BCUT2D eigenvalue weighted by molar-refractivity contribution is -0.126. The molecule has 1 atom stereocenters. The first-order chi connectivity index (χ1) is 11.2. The van der Waals surface area contributed by atoms with E-state index < -0.39 is 0 Å². The van der Waals surface area contributed by atoms with E-state index in [-0.39, 0.29) is 30.1 Å². The van der Waals surface area contributed by atoms with Crippen molar-refractivity contribution >= 4 is 35.6 Å². The highest BCUT2D eigenvalue weighted by Crippen LogP contribution is 2.20. The summed E-state index contributed by atoms with van der Waals surface area (Å²) in [7, 11) is 0. The number of nitrogens with two attached hydrogens (primary N) is 1. The Morgan fingerprint density at radius 3 is 3.00 bits per heavy atom. The maximum atomic E-state index is 12.6. The van der Waals surface area contributed by atoms with Crippen LogP contribution in [0.25, 0.3) is 0 Å². The molecule has 136 valence electrons. The fourth-order valence-corrected chi connectivity index (χ4v) is 3.51. The molecular formula is C16H27ClN4O2S. The molecule has 2 heterocycles. The minimum absolute atomic E-state index is 0. The number of amides is 2. The second kappa shape index (κ2) is 10.6. The van der Waals surface area contributed by atoms with Gasteiger partial charge in [-0.1, -0.05) is 13.3 Å². The van der Waals surface area contributed by atoms with Crippen LogP contribution in [-0.4, -0.2) is 47.9 Å². The van der Waals surface area contributed by atoms with Crippen molar-refractivity contribution in [1.82, 2.24) is 15.2 Å². The van der Waals surface area contributed by atoms with E-state index in [1.165, 1.54) is 11.3 Å². The lowest BCUT2D eigenvalue weighted by atomic mass is 9.97. The smallest absolute Gasteiger partial charge is 0.273 e. The van der Waals surface area contributed by atoms with Gasteiger partial charge in [0.25, 0.3) is 5.91 Å². The number of likely N-dealkylation sites (tertiary alicyclic amines) is 1. The predicted molar refractivity (Wildman–Crippen MR) is 98.7 cm³/mol. The Labute approximate surface area is 153 Å². The molecule has 3 N–H and O–H groups in total. The molecule has 1 unspecified atom stereocenters. The summed E-state index contributed by atoms with van der Waals surface area (Å²) < 4.78 is 0. The average molecular weight is 375 g/mol. The number of piperidine rings is 1. The van der Waals surface area contributed by atoms with E-state index in [0.29, 0.717) is 38.3 Å². The number of rotatable bonds is 7. The van der Waals surface area contributed by atoms with Crippen molar-refractivity contribution in [2.24, 2.45) is 11.7 Å². The first-order valence-electron chi connectivity index (χ1n) is 8.37. The number of nitrogens with one attached hydrogen (secondary N) is 1. The molecule has 0 saturated carbocycles. The van der Waals surface area contributed by atoms with Gasteiger partial charge in [0.1, 0.15) is 5.69 Å². The fourth-order valence-electron chi connectivity index (χ4n) is 2.72. The van der Waals surface area contributed by atoms with Crippen LogP contribution in [0.4, 0.5) is 0 Å². The molecule has 1 aromatic heterocycles. The zero-order valence-electron chi connectivity index (χ0n) is 14.1. The van der Waals surface area contributed by atoms with E-state index in [1.807, 2.05) is 0 Å². The number of unbranched alkanes of at least 4 members (excludes halogenated alkanes) is 1. The summed E-state index contributed by atoms with van der Waals surface area (Å²) in [6.45, 7) is 4.53. The summed E-state index contributed by atoms with van der Waals surface area (Å²) >= 11 is 1.47. The van der Waals surface area contributed by atoms with Crippen LogP contribution in [-0.2, 0) is 11.2 Å². The SMILES string of the molecule is CCCCNC(=O)C1CCCN(C(=O)c2csc(CCN)n2)C1.Cl. The number of halogens is 1. The monoisotopic (exact) mass is 374 g/mol. The lowest BCUT2D eigenvalue weighted by Gasteiger charge is -2.31. The van der Waals surface area contributed by atoms with Crippen LogP contribution in [0.2, 0.25) is 0 Å². The number of nitrogens with zero attached hydrogens (tertiary/aromatic N) is 2. The summed E-state index contributed by atoms with van der Waals surface area (Å²) in [6.07, 6.45) is 4.45. The number of thiazole rings is 1. The molecule has 1 aliphatic rings. The largest absolute Gasteiger partial charge is 0.356 e. The molecular weight excluding hydrogens is 348 g/mol. The summed E-state index contributed by atoms with van der Waals surface area (Å²) in [4.78, 5) is 30.9. The van der Waals surface area contributed by atoms with Crippen LogP contribution in [0.15, 0.2) is 5.38 Å². The molecule has 1 aromatic rings. The van der Waals surface area contributed by atoms with Gasteiger partial charge in [0.15, 0.2) is 0 Å². The molecule has 2 amide bonds. The van der Waals surface area contributed by atoms with E-state index in [4.69, 9.17) is 5.73 Å². The van der Waals surface area contributed by atoms with E-state index in [0.717, 1.165) is 30.7 Å². The number of aromatic nitrogens is 1. The Morgan fingerprint density at radius 2 is 2.29 bits per heavy atom. The molecule has 2 rings (SSSR count). The Morgan fingerprint density at radius 1 is 1.50 bits per heavy atom. The Balaban J connectivity index is 0.00000288. The maximum Gasteiger partial charge on any atom is 0.273 e. The predicted octanol–water partition coefficient (Wildman–Crippen LogP) is 1.83. The van der Waals surface area contributed by atoms with Crippen LogP contribution >= 0.6 is 23.7 Å². The third-order valence-corrected chi connectivity index (χ3v) is 4.95. The van der Waals surface area contributed by atoms with E-state index in [2.05, 4.69) is 17.2 Å². The Kier molecular flexibility index (Phi) is 9.25. The van der Waals surface area contributed by atoms with Gasteiger partial charge < -0.3 is 16.0 Å². The Hall–Kier alpha value is -1.18. The number of carbonyl (C=O) groups excluding carboxylic acids is 2. The highest BCUT2D eigenvalue weighted by molar-refractivity contribution is 7.09. The quantitative estimate of drug-likeness (QED) is 0.712. The lowest BCUT2D eigenvalue weighted by Crippen LogP contribution is -2.45.